The minimum Gasteiger partial charge on any atom is -0.497 e. The standard InChI is InChI=1S/C19H19ClN2O5S/c1-19(2)11-28(25,26)22(18(19)24)13-6-9-16(20)15(10-13)17(23)21-12-4-7-14(27-3)8-5-12/h4-10H,11H2,1-3H3,(H,21,23). The van der Waals surface area contributed by atoms with Gasteiger partial charge < -0.3 is 10.1 Å². The highest BCUT2D eigenvalue weighted by Crippen LogP contribution is 2.37. The number of carbonyl (C=O) groups excluding carboxylic acids is 2. The number of hydrogen-bond donors (Lipinski definition) is 1. The summed E-state index contributed by atoms with van der Waals surface area (Å²) in [5, 5.41) is 2.82. The molecule has 1 aliphatic rings. The fraction of sp³-hybridized carbons (Fsp3) is 0.263. The lowest BCUT2D eigenvalue weighted by molar-refractivity contribution is -0.123. The number of nitrogens with zero attached hydrogens (tertiary/aromatic N) is 1. The highest BCUT2D eigenvalue weighted by atomic mass is 35.5. The van der Waals surface area contributed by atoms with Crippen molar-refractivity contribution in [2.75, 3.05) is 22.5 Å². The zero-order valence-corrected chi connectivity index (χ0v) is 17.1. The van der Waals surface area contributed by atoms with E-state index in [9.17, 15) is 18.0 Å². The van der Waals surface area contributed by atoms with E-state index in [1.165, 1.54) is 25.3 Å². The molecule has 0 atom stereocenters. The molecular formula is C19H19ClN2O5S. The molecule has 9 heteroatoms. The summed E-state index contributed by atoms with van der Waals surface area (Å²) < 4.78 is 30.7. The number of anilines is 2. The Labute approximate surface area is 168 Å². The molecule has 28 heavy (non-hydrogen) atoms. The van der Waals surface area contributed by atoms with Crippen LogP contribution in [-0.4, -0.2) is 33.1 Å². The van der Waals surface area contributed by atoms with E-state index in [0.717, 1.165) is 4.31 Å². The SMILES string of the molecule is COc1ccc(NC(=O)c2cc(N3C(=O)C(C)(C)CS3(=O)=O)ccc2Cl)cc1. The third kappa shape index (κ3) is 3.70. The number of nitrogens with one attached hydrogen (secondary N) is 1. The Bertz CT molecular complexity index is 1050. The van der Waals surface area contributed by atoms with Crippen LogP contribution in [0.25, 0.3) is 0 Å². The summed E-state index contributed by atoms with van der Waals surface area (Å²) in [6.07, 6.45) is 0. The molecule has 1 fully saturated rings. The van der Waals surface area contributed by atoms with Crippen LogP contribution in [0.15, 0.2) is 42.5 Å². The van der Waals surface area contributed by atoms with E-state index in [1.807, 2.05) is 0 Å². The average Bonchev–Trinajstić information content (AvgIpc) is 2.79. The summed E-state index contributed by atoms with van der Waals surface area (Å²) in [4.78, 5) is 25.2. The van der Waals surface area contributed by atoms with Crippen molar-refractivity contribution in [2.24, 2.45) is 5.41 Å². The summed E-state index contributed by atoms with van der Waals surface area (Å²) in [6.45, 7) is 3.14. The first-order valence-electron chi connectivity index (χ1n) is 8.37. The number of sulfonamides is 1. The van der Waals surface area contributed by atoms with Gasteiger partial charge in [0.25, 0.3) is 5.91 Å². The van der Waals surface area contributed by atoms with Crippen molar-refractivity contribution < 1.29 is 22.7 Å². The van der Waals surface area contributed by atoms with Crippen LogP contribution in [0.3, 0.4) is 0 Å². The number of halogens is 1. The van der Waals surface area contributed by atoms with Gasteiger partial charge in [-0.25, -0.2) is 12.7 Å². The molecule has 2 aromatic carbocycles. The summed E-state index contributed by atoms with van der Waals surface area (Å²) in [5.74, 6) is -0.732. The molecule has 7 nitrogen and oxygen atoms in total. The van der Waals surface area contributed by atoms with E-state index in [0.29, 0.717) is 11.4 Å². The fourth-order valence-corrected chi connectivity index (χ4v) is 5.25. The van der Waals surface area contributed by atoms with Crippen LogP contribution in [0, 0.1) is 5.41 Å². The molecule has 0 bridgehead atoms. The quantitative estimate of drug-likeness (QED) is 0.815. The van der Waals surface area contributed by atoms with Crippen molar-refractivity contribution in [3.05, 3.63) is 53.1 Å². The van der Waals surface area contributed by atoms with Gasteiger partial charge in [-0.05, 0) is 56.3 Å². The molecule has 0 aliphatic carbocycles. The van der Waals surface area contributed by atoms with Gasteiger partial charge >= 0.3 is 0 Å². The van der Waals surface area contributed by atoms with Crippen LogP contribution >= 0.6 is 11.6 Å². The zero-order valence-electron chi connectivity index (χ0n) is 15.5. The Morgan fingerprint density at radius 1 is 1.18 bits per heavy atom. The maximum Gasteiger partial charge on any atom is 0.257 e. The van der Waals surface area contributed by atoms with Crippen molar-refractivity contribution in [3.63, 3.8) is 0 Å². The van der Waals surface area contributed by atoms with E-state index in [-0.39, 0.29) is 22.0 Å². The molecule has 3 rings (SSSR count). The average molecular weight is 423 g/mol. The Morgan fingerprint density at radius 2 is 1.82 bits per heavy atom. The van der Waals surface area contributed by atoms with Crippen LogP contribution in [0.4, 0.5) is 11.4 Å². The first kappa shape index (κ1) is 20.2. The maximum atomic E-state index is 12.6. The molecule has 2 amide bonds. The van der Waals surface area contributed by atoms with E-state index >= 15 is 0 Å². The van der Waals surface area contributed by atoms with Crippen molar-refractivity contribution >= 4 is 44.8 Å². The maximum absolute atomic E-state index is 12.6. The first-order valence-corrected chi connectivity index (χ1v) is 10.4. The molecule has 148 valence electrons. The molecule has 0 radical (unpaired) electrons. The smallest absolute Gasteiger partial charge is 0.257 e. The topological polar surface area (TPSA) is 92.8 Å². The van der Waals surface area contributed by atoms with Gasteiger partial charge in [0.1, 0.15) is 5.75 Å². The van der Waals surface area contributed by atoms with Crippen molar-refractivity contribution in [1.82, 2.24) is 0 Å². The molecule has 2 aromatic rings. The van der Waals surface area contributed by atoms with E-state index in [1.54, 1.807) is 38.1 Å². The normalized spacial score (nSPS) is 17.4. The van der Waals surface area contributed by atoms with Gasteiger partial charge in [0.15, 0.2) is 0 Å². The minimum absolute atomic E-state index is 0.0580. The molecule has 1 saturated heterocycles. The number of hydrogen-bond acceptors (Lipinski definition) is 5. The molecule has 1 N–H and O–H groups in total. The first-order chi connectivity index (χ1) is 13.0. The molecular weight excluding hydrogens is 404 g/mol. The Balaban J connectivity index is 1.93. The lowest BCUT2D eigenvalue weighted by atomic mass is 9.95. The fourth-order valence-electron chi connectivity index (χ4n) is 2.95. The molecule has 0 unspecified atom stereocenters. The van der Waals surface area contributed by atoms with Gasteiger partial charge in [0.05, 0.1) is 34.6 Å². The van der Waals surface area contributed by atoms with Crippen molar-refractivity contribution in [1.29, 1.82) is 0 Å². The van der Waals surface area contributed by atoms with Gasteiger partial charge in [-0.15, -0.1) is 0 Å². The number of carbonyl (C=O) groups is 2. The minimum atomic E-state index is -3.82. The summed E-state index contributed by atoms with van der Waals surface area (Å²) in [7, 11) is -2.29. The number of methoxy groups -OCH3 is 1. The Morgan fingerprint density at radius 3 is 2.36 bits per heavy atom. The monoisotopic (exact) mass is 422 g/mol. The van der Waals surface area contributed by atoms with Gasteiger partial charge in [-0.2, -0.15) is 0 Å². The number of amides is 2. The van der Waals surface area contributed by atoms with Gasteiger partial charge in [-0.1, -0.05) is 11.6 Å². The van der Waals surface area contributed by atoms with Crippen LogP contribution in [0.5, 0.6) is 5.75 Å². The Hall–Kier alpha value is -2.58. The number of ether oxygens (including phenoxy) is 1. The second-order valence-electron chi connectivity index (χ2n) is 7.06. The van der Waals surface area contributed by atoms with E-state index in [2.05, 4.69) is 5.32 Å². The van der Waals surface area contributed by atoms with Gasteiger partial charge in [-0.3, -0.25) is 9.59 Å². The second-order valence-corrected chi connectivity index (χ2v) is 9.28. The molecule has 1 heterocycles. The highest BCUT2D eigenvalue weighted by molar-refractivity contribution is 7.94. The van der Waals surface area contributed by atoms with Crippen LogP contribution < -0.4 is 14.4 Å². The van der Waals surface area contributed by atoms with E-state index < -0.39 is 27.3 Å². The predicted molar refractivity (Wildman–Crippen MR) is 107 cm³/mol. The lowest BCUT2D eigenvalue weighted by Crippen LogP contribution is -2.33. The van der Waals surface area contributed by atoms with Crippen molar-refractivity contribution in [3.8, 4) is 5.75 Å². The summed E-state index contributed by atoms with van der Waals surface area (Å²) in [5.41, 5.74) is -0.384. The third-order valence-corrected chi connectivity index (χ3v) is 6.71. The lowest BCUT2D eigenvalue weighted by Gasteiger charge is -2.18. The molecule has 0 saturated carbocycles. The molecule has 0 aromatic heterocycles. The van der Waals surface area contributed by atoms with Crippen LogP contribution in [0.2, 0.25) is 5.02 Å². The van der Waals surface area contributed by atoms with Crippen molar-refractivity contribution in [2.45, 2.75) is 13.8 Å². The highest BCUT2D eigenvalue weighted by Gasteiger charge is 2.50. The zero-order chi connectivity index (χ0) is 20.7. The van der Waals surface area contributed by atoms with Gasteiger partial charge in [0.2, 0.25) is 15.9 Å². The van der Waals surface area contributed by atoms with Crippen LogP contribution in [-0.2, 0) is 14.8 Å². The number of rotatable bonds is 4. The molecule has 1 aliphatic heterocycles. The molecule has 0 spiro atoms. The number of benzene rings is 2. The van der Waals surface area contributed by atoms with E-state index in [4.69, 9.17) is 16.3 Å². The predicted octanol–water partition coefficient (Wildman–Crippen LogP) is 3.30. The Kier molecular flexibility index (Phi) is 5.12. The summed E-state index contributed by atoms with van der Waals surface area (Å²) >= 11 is 6.14. The third-order valence-electron chi connectivity index (χ3n) is 4.36. The summed E-state index contributed by atoms with van der Waals surface area (Å²) in [6, 6.07) is 10.8. The van der Waals surface area contributed by atoms with Crippen LogP contribution in [0.1, 0.15) is 24.2 Å². The van der Waals surface area contributed by atoms with Gasteiger partial charge in [0, 0.05) is 5.69 Å². The largest absolute Gasteiger partial charge is 0.497 e. The second kappa shape index (κ2) is 7.10.